The summed E-state index contributed by atoms with van der Waals surface area (Å²) in [5.74, 6) is -3.67. The Morgan fingerprint density at radius 2 is 1.46 bits per heavy atom. The molecule has 0 bridgehead atoms. The van der Waals surface area contributed by atoms with Crippen molar-refractivity contribution < 1.29 is 32.8 Å². The van der Waals surface area contributed by atoms with E-state index in [-0.39, 0.29) is 58.6 Å². The van der Waals surface area contributed by atoms with Crippen molar-refractivity contribution in [3.05, 3.63) is 183 Å². The van der Waals surface area contributed by atoms with Gasteiger partial charge in [0.25, 0.3) is 23.0 Å². The lowest BCUT2D eigenvalue weighted by Crippen LogP contribution is -2.44. The number of hydrogen-bond donors (Lipinski definition) is 2. The zero-order chi connectivity index (χ0) is 41.6. The second kappa shape index (κ2) is 18.1. The van der Waals surface area contributed by atoms with E-state index in [2.05, 4.69) is 53.6 Å². The standard InChI is InChI=1S/C47H42F2N4O5S/c1-29(2)27-52(42(31-11-5-3-6-12-31)32-13-7-4-8-14-32)36-25-35(26-50-44(55)33-19-17-30(18-20-33)23-41-45(56)51-47(58)59-41)53(28-36)46(57)38-16-10-9-15-37(38)43(54)39-22-21-34(48)24-40(39)49/h3-24,29,35-36,42H,25-28H2,1-2H3,(H,50,55)(H,51,56,58)/t35-,36+/m0/s1. The summed E-state index contributed by atoms with van der Waals surface area (Å²) < 4.78 is 28.7. The smallest absolute Gasteiger partial charge is 0.290 e. The van der Waals surface area contributed by atoms with Crippen LogP contribution in [0.1, 0.15) is 79.6 Å². The predicted molar refractivity (Wildman–Crippen MR) is 224 cm³/mol. The van der Waals surface area contributed by atoms with Crippen molar-refractivity contribution in [1.29, 1.82) is 0 Å². The van der Waals surface area contributed by atoms with Crippen molar-refractivity contribution in [1.82, 2.24) is 20.4 Å². The molecule has 0 radical (unpaired) electrons. The largest absolute Gasteiger partial charge is 0.350 e. The monoisotopic (exact) mass is 812 g/mol. The average Bonchev–Trinajstić information content (AvgIpc) is 3.81. The van der Waals surface area contributed by atoms with Crippen LogP contribution in [0.25, 0.3) is 6.08 Å². The number of likely N-dealkylation sites (tertiary alicyclic amines) is 1. The Labute approximate surface area is 345 Å². The van der Waals surface area contributed by atoms with Gasteiger partial charge < -0.3 is 10.2 Å². The number of rotatable bonds is 13. The molecule has 2 aliphatic rings. The van der Waals surface area contributed by atoms with Crippen molar-refractivity contribution in [3.63, 3.8) is 0 Å². The molecule has 2 atom stereocenters. The van der Waals surface area contributed by atoms with Crippen molar-refractivity contribution in [2.75, 3.05) is 19.6 Å². The van der Waals surface area contributed by atoms with E-state index in [0.717, 1.165) is 35.0 Å². The van der Waals surface area contributed by atoms with Gasteiger partial charge in [0.2, 0.25) is 0 Å². The molecular weight excluding hydrogens is 771 g/mol. The molecule has 12 heteroatoms. The van der Waals surface area contributed by atoms with Crippen LogP contribution in [0.5, 0.6) is 0 Å². The number of ketones is 1. The van der Waals surface area contributed by atoms with E-state index >= 15 is 0 Å². The fourth-order valence-electron chi connectivity index (χ4n) is 7.76. The van der Waals surface area contributed by atoms with Crippen molar-refractivity contribution >= 4 is 46.6 Å². The third-order valence-electron chi connectivity index (χ3n) is 10.4. The minimum Gasteiger partial charge on any atom is -0.350 e. The van der Waals surface area contributed by atoms with Gasteiger partial charge in [-0.1, -0.05) is 105 Å². The zero-order valence-corrected chi connectivity index (χ0v) is 33.3. The fourth-order valence-corrected chi connectivity index (χ4v) is 8.45. The number of carbonyl (C=O) groups excluding carboxylic acids is 5. The number of imide groups is 1. The molecule has 300 valence electrons. The van der Waals surface area contributed by atoms with Crippen molar-refractivity contribution in [2.24, 2.45) is 5.92 Å². The summed E-state index contributed by atoms with van der Waals surface area (Å²) in [6.45, 7) is 5.35. The molecule has 2 heterocycles. The molecule has 59 heavy (non-hydrogen) atoms. The molecule has 9 nitrogen and oxygen atoms in total. The van der Waals surface area contributed by atoms with Crippen LogP contribution < -0.4 is 10.6 Å². The molecule has 5 aromatic rings. The van der Waals surface area contributed by atoms with E-state index in [1.54, 1.807) is 47.4 Å². The molecule has 5 aromatic carbocycles. The van der Waals surface area contributed by atoms with Gasteiger partial charge in [-0.2, -0.15) is 0 Å². The lowest BCUT2D eigenvalue weighted by Gasteiger charge is -2.38. The molecule has 2 saturated heterocycles. The van der Waals surface area contributed by atoms with Crippen molar-refractivity contribution in [2.45, 2.75) is 38.4 Å². The van der Waals surface area contributed by atoms with Crippen molar-refractivity contribution in [3.8, 4) is 0 Å². The van der Waals surface area contributed by atoms with Gasteiger partial charge in [0.05, 0.1) is 28.1 Å². The lowest BCUT2D eigenvalue weighted by atomic mass is 9.94. The average molecular weight is 813 g/mol. The Morgan fingerprint density at radius 3 is 2.05 bits per heavy atom. The highest BCUT2D eigenvalue weighted by Gasteiger charge is 2.42. The summed E-state index contributed by atoms with van der Waals surface area (Å²) in [6, 6.07) is 35.0. The molecular formula is C47H42F2N4O5S. The maximum atomic E-state index is 14.9. The molecule has 2 fully saturated rings. The van der Waals surface area contributed by atoms with Crippen LogP contribution >= 0.6 is 11.8 Å². The first kappa shape index (κ1) is 40.9. The highest BCUT2D eigenvalue weighted by molar-refractivity contribution is 8.18. The van der Waals surface area contributed by atoms with E-state index in [1.165, 1.54) is 12.1 Å². The Hall–Kier alpha value is -6.24. The molecule has 0 saturated carbocycles. The first-order valence-electron chi connectivity index (χ1n) is 19.3. The Morgan fingerprint density at radius 1 is 0.831 bits per heavy atom. The quantitative estimate of drug-likeness (QED) is 0.0909. The van der Waals surface area contributed by atoms with Gasteiger partial charge >= 0.3 is 0 Å². The molecule has 0 spiro atoms. The molecule has 2 N–H and O–H groups in total. The van der Waals surface area contributed by atoms with Crippen LogP contribution in [0, 0.1) is 17.6 Å². The Balaban J connectivity index is 1.21. The highest BCUT2D eigenvalue weighted by atomic mass is 32.2. The zero-order valence-electron chi connectivity index (χ0n) is 32.4. The van der Waals surface area contributed by atoms with Gasteiger partial charge in [-0.25, -0.2) is 8.78 Å². The number of nitrogens with zero attached hydrogens (tertiary/aromatic N) is 2. The van der Waals surface area contributed by atoms with Crippen LogP contribution in [0.15, 0.2) is 132 Å². The third-order valence-corrected chi connectivity index (χ3v) is 11.3. The number of amides is 4. The topological polar surface area (TPSA) is 116 Å². The SMILES string of the molecule is CC(C)CN(C(c1ccccc1)c1ccccc1)[C@@H]1C[C@@H](CNC(=O)c2ccc(C=C3SC(=O)NC3=O)cc2)N(C(=O)c2ccccc2C(=O)c2ccc(F)cc2F)C1. The van der Waals surface area contributed by atoms with Crippen LogP contribution in [0.2, 0.25) is 0 Å². The number of benzene rings is 5. The summed E-state index contributed by atoms with van der Waals surface area (Å²) in [5.41, 5.74) is 2.85. The summed E-state index contributed by atoms with van der Waals surface area (Å²) in [4.78, 5) is 70.2. The number of nitrogens with one attached hydrogen (secondary N) is 2. The van der Waals surface area contributed by atoms with E-state index in [9.17, 15) is 32.8 Å². The summed E-state index contributed by atoms with van der Waals surface area (Å²) in [5, 5.41) is 4.80. The third kappa shape index (κ3) is 9.40. The molecule has 0 aliphatic carbocycles. The van der Waals surface area contributed by atoms with Gasteiger partial charge in [0.15, 0.2) is 5.78 Å². The highest BCUT2D eigenvalue weighted by Crippen LogP contribution is 2.36. The Bertz CT molecular complexity index is 2370. The van der Waals surface area contributed by atoms with E-state index in [4.69, 9.17) is 0 Å². The predicted octanol–water partition coefficient (Wildman–Crippen LogP) is 8.28. The van der Waals surface area contributed by atoms with Gasteiger partial charge in [0.1, 0.15) is 11.6 Å². The maximum absolute atomic E-state index is 14.9. The minimum absolute atomic E-state index is 0.0207. The maximum Gasteiger partial charge on any atom is 0.290 e. The van der Waals surface area contributed by atoms with E-state index in [0.29, 0.717) is 30.2 Å². The van der Waals surface area contributed by atoms with Crippen LogP contribution in [0.3, 0.4) is 0 Å². The van der Waals surface area contributed by atoms with Gasteiger partial charge in [0, 0.05) is 42.9 Å². The van der Waals surface area contributed by atoms with Gasteiger partial charge in [-0.15, -0.1) is 0 Å². The van der Waals surface area contributed by atoms with E-state index < -0.39 is 40.5 Å². The van der Waals surface area contributed by atoms with Crippen LogP contribution in [-0.2, 0) is 4.79 Å². The summed E-state index contributed by atoms with van der Waals surface area (Å²) >= 11 is 0.806. The number of hydrogen-bond acceptors (Lipinski definition) is 7. The van der Waals surface area contributed by atoms with Gasteiger partial charge in [-0.3, -0.25) is 34.2 Å². The summed E-state index contributed by atoms with van der Waals surface area (Å²) in [7, 11) is 0. The Kier molecular flexibility index (Phi) is 12.6. The van der Waals surface area contributed by atoms with Crippen LogP contribution in [0.4, 0.5) is 13.6 Å². The second-order valence-electron chi connectivity index (χ2n) is 15.0. The normalized spacial score (nSPS) is 17.3. The number of thioether (sulfide) groups is 1. The van der Waals surface area contributed by atoms with Crippen LogP contribution in [-0.4, -0.2) is 70.3 Å². The minimum atomic E-state index is -1.03. The first-order valence-corrected chi connectivity index (χ1v) is 20.2. The lowest BCUT2D eigenvalue weighted by molar-refractivity contribution is -0.115. The molecule has 7 rings (SSSR count). The molecule has 0 aromatic heterocycles. The fraction of sp³-hybridized carbons (Fsp3) is 0.213. The molecule has 0 unspecified atom stereocenters. The number of carbonyl (C=O) groups is 5. The number of halogens is 2. The van der Waals surface area contributed by atoms with E-state index in [1.807, 2.05) is 36.4 Å². The molecule has 4 amide bonds. The van der Waals surface area contributed by atoms with Gasteiger partial charge in [-0.05, 0) is 77.2 Å². The second-order valence-corrected chi connectivity index (χ2v) is 16.0. The molecule has 2 aliphatic heterocycles. The first-order chi connectivity index (χ1) is 28.5. The summed E-state index contributed by atoms with van der Waals surface area (Å²) in [6.07, 6.45) is 2.06.